The van der Waals surface area contributed by atoms with Crippen molar-refractivity contribution in [2.75, 3.05) is 26.7 Å². The molecule has 21 heavy (non-hydrogen) atoms. The predicted octanol–water partition coefficient (Wildman–Crippen LogP) is 1.81. The summed E-state index contributed by atoms with van der Waals surface area (Å²) in [6.07, 6.45) is 2.65. The molecule has 0 fully saturated rings. The lowest BCUT2D eigenvalue weighted by atomic mass is 10.1. The van der Waals surface area contributed by atoms with E-state index in [2.05, 4.69) is 10.3 Å². The second-order valence-electron chi connectivity index (χ2n) is 5.05. The van der Waals surface area contributed by atoms with E-state index in [1.165, 1.54) is 0 Å². The van der Waals surface area contributed by atoms with Gasteiger partial charge >= 0.3 is 0 Å². The lowest BCUT2D eigenvalue weighted by Gasteiger charge is -2.19. The van der Waals surface area contributed by atoms with E-state index in [9.17, 15) is 9.59 Å². The van der Waals surface area contributed by atoms with Crippen LogP contribution in [-0.4, -0.2) is 48.3 Å². The zero-order chi connectivity index (χ0) is 15.2. The van der Waals surface area contributed by atoms with Gasteiger partial charge in [0, 0.05) is 29.7 Å². The Labute approximate surface area is 124 Å². The van der Waals surface area contributed by atoms with E-state index in [1.807, 2.05) is 36.1 Å². The van der Waals surface area contributed by atoms with Crippen LogP contribution in [0.15, 0.2) is 30.5 Å². The third-order valence-corrected chi connectivity index (χ3v) is 3.44. The second-order valence-corrected chi connectivity index (χ2v) is 5.05. The third kappa shape index (κ3) is 3.70. The fraction of sp³-hybridized carbons (Fsp3) is 0.375. The number of Topliss-reactive ketones (excluding diaryl/α,β-unsaturated/α-hetero) is 1. The Morgan fingerprint density at radius 2 is 2.00 bits per heavy atom. The number of hydrogen-bond donors (Lipinski definition) is 2. The zero-order valence-electron chi connectivity index (χ0n) is 12.5. The summed E-state index contributed by atoms with van der Waals surface area (Å²) in [5.74, 6) is -0.0417. The molecule has 1 aromatic carbocycles. The molecule has 0 spiro atoms. The molecule has 0 aliphatic rings. The van der Waals surface area contributed by atoms with Gasteiger partial charge in [0.05, 0.1) is 13.1 Å². The lowest BCUT2D eigenvalue weighted by Crippen LogP contribution is -2.39. The van der Waals surface area contributed by atoms with E-state index in [-0.39, 0.29) is 24.8 Å². The number of amides is 1. The molecular weight excluding hydrogens is 266 g/mol. The Balaban J connectivity index is 2.12. The minimum absolute atomic E-state index is 0.0322. The van der Waals surface area contributed by atoms with E-state index in [4.69, 9.17) is 0 Å². The summed E-state index contributed by atoms with van der Waals surface area (Å²) in [6, 6.07) is 7.73. The number of rotatable bonds is 7. The molecule has 1 amide bonds. The fourth-order valence-electron chi connectivity index (χ4n) is 2.40. The van der Waals surface area contributed by atoms with Gasteiger partial charge in [-0.15, -0.1) is 0 Å². The normalized spacial score (nSPS) is 11.0. The van der Waals surface area contributed by atoms with Gasteiger partial charge in [-0.05, 0) is 19.0 Å². The van der Waals surface area contributed by atoms with E-state index in [1.54, 1.807) is 13.2 Å². The maximum absolute atomic E-state index is 12.5. The number of hydrogen-bond acceptors (Lipinski definition) is 3. The summed E-state index contributed by atoms with van der Waals surface area (Å²) in [4.78, 5) is 29.0. The standard InChI is InChI=1S/C16H21N3O2/c1-3-8-19(11-16(21)17-2)10-15(20)13-9-18-14-7-5-4-6-12(13)14/h4-7,9,18H,3,8,10-11H2,1-2H3,(H,17,21). The van der Waals surface area contributed by atoms with Crippen LogP contribution in [0.1, 0.15) is 23.7 Å². The number of fused-ring (bicyclic) bond motifs is 1. The third-order valence-electron chi connectivity index (χ3n) is 3.44. The Kier molecular flexibility index (Phi) is 5.11. The number of benzene rings is 1. The SMILES string of the molecule is CCCN(CC(=O)NC)CC(=O)c1c[nH]c2ccccc12. The van der Waals surface area contributed by atoms with Crippen LogP contribution in [0, 0.1) is 0 Å². The van der Waals surface area contributed by atoms with Crippen molar-refractivity contribution >= 4 is 22.6 Å². The first-order valence-corrected chi connectivity index (χ1v) is 7.18. The van der Waals surface area contributed by atoms with Crippen LogP contribution in [0.5, 0.6) is 0 Å². The molecule has 0 saturated carbocycles. The van der Waals surface area contributed by atoms with Crippen LogP contribution in [0.3, 0.4) is 0 Å². The summed E-state index contributed by atoms with van der Waals surface area (Å²) in [5.41, 5.74) is 1.64. The Bertz CT molecular complexity index is 633. The van der Waals surface area contributed by atoms with Crippen molar-refractivity contribution in [3.63, 3.8) is 0 Å². The molecule has 0 saturated heterocycles. The van der Waals surface area contributed by atoms with E-state index < -0.39 is 0 Å². The maximum Gasteiger partial charge on any atom is 0.233 e. The largest absolute Gasteiger partial charge is 0.360 e. The van der Waals surface area contributed by atoms with Crippen LogP contribution in [-0.2, 0) is 4.79 Å². The molecule has 2 rings (SSSR count). The molecule has 112 valence electrons. The maximum atomic E-state index is 12.5. The predicted molar refractivity (Wildman–Crippen MR) is 83.4 cm³/mol. The summed E-state index contributed by atoms with van der Waals surface area (Å²) < 4.78 is 0. The van der Waals surface area contributed by atoms with Crippen LogP contribution in [0.2, 0.25) is 0 Å². The van der Waals surface area contributed by atoms with Gasteiger partial charge in [0.1, 0.15) is 0 Å². The minimum Gasteiger partial charge on any atom is -0.360 e. The average Bonchev–Trinajstić information content (AvgIpc) is 2.91. The van der Waals surface area contributed by atoms with Crippen LogP contribution in [0.25, 0.3) is 10.9 Å². The Hall–Kier alpha value is -2.14. The van der Waals surface area contributed by atoms with Gasteiger partial charge in [-0.3, -0.25) is 14.5 Å². The Morgan fingerprint density at radius 3 is 2.71 bits per heavy atom. The summed E-state index contributed by atoms with van der Waals surface area (Å²) in [6.45, 7) is 3.26. The highest BCUT2D eigenvalue weighted by atomic mass is 16.2. The molecule has 1 heterocycles. The number of carbonyl (C=O) groups excluding carboxylic acids is 2. The molecule has 2 N–H and O–H groups in total. The first-order chi connectivity index (χ1) is 10.2. The summed E-state index contributed by atoms with van der Waals surface area (Å²) in [5, 5.41) is 3.52. The molecule has 2 aromatic rings. The van der Waals surface area contributed by atoms with Crippen molar-refractivity contribution in [1.29, 1.82) is 0 Å². The highest BCUT2D eigenvalue weighted by Gasteiger charge is 2.17. The first kappa shape index (κ1) is 15.3. The molecule has 0 unspecified atom stereocenters. The van der Waals surface area contributed by atoms with Gasteiger partial charge in [-0.2, -0.15) is 0 Å². The Morgan fingerprint density at radius 1 is 1.24 bits per heavy atom. The highest BCUT2D eigenvalue weighted by Crippen LogP contribution is 2.18. The van der Waals surface area contributed by atoms with Gasteiger partial charge in [0.2, 0.25) is 5.91 Å². The number of nitrogens with zero attached hydrogens (tertiary/aromatic N) is 1. The van der Waals surface area contributed by atoms with Gasteiger partial charge < -0.3 is 10.3 Å². The van der Waals surface area contributed by atoms with Crippen molar-refractivity contribution in [2.45, 2.75) is 13.3 Å². The van der Waals surface area contributed by atoms with Crippen LogP contribution < -0.4 is 5.32 Å². The van der Waals surface area contributed by atoms with Gasteiger partial charge in [-0.1, -0.05) is 25.1 Å². The first-order valence-electron chi connectivity index (χ1n) is 7.18. The second kappa shape index (κ2) is 7.04. The molecule has 0 radical (unpaired) electrons. The number of para-hydroxylation sites is 1. The number of nitrogens with one attached hydrogen (secondary N) is 2. The van der Waals surface area contributed by atoms with E-state index in [0.717, 1.165) is 23.9 Å². The monoisotopic (exact) mass is 287 g/mol. The fourth-order valence-corrected chi connectivity index (χ4v) is 2.40. The van der Waals surface area contributed by atoms with Gasteiger partial charge in [-0.25, -0.2) is 0 Å². The average molecular weight is 287 g/mol. The number of aromatic nitrogens is 1. The summed E-state index contributed by atoms with van der Waals surface area (Å²) >= 11 is 0. The molecule has 5 nitrogen and oxygen atoms in total. The van der Waals surface area contributed by atoms with E-state index >= 15 is 0 Å². The van der Waals surface area contributed by atoms with Crippen molar-refractivity contribution in [1.82, 2.24) is 15.2 Å². The van der Waals surface area contributed by atoms with Crippen molar-refractivity contribution in [3.8, 4) is 0 Å². The van der Waals surface area contributed by atoms with Gasteiger partial charge in [0.15, 0.2) is 5.78 Å². The van der Waals surface area contributed by atoms with Crippen molar-refractivity contribution < 1.29 is 9.59 Å². The molecule has 0 atom stereocenters. The topological polar surface area (TPSA) is 65.2 Å². The van der Waals surface area contributed by atoms with Crippen LogP contribution in [0.4, 0.5) is 0 Å². The molecule has 5 heteroatoms. The number of aromatic amines is 1. The number of likely N-dealkylation sites (N-methyl/N-ethyl adjacent to an activating group) is 1. The van der Waals surface area contributed by atoms with Crippen molar-refractivity contribution in [3.05, 3.63) is 36.0 Å². The molecule has 0 bridgehead atoms. The lowest BCUT2D eigenvalue weighted by molar-refractivity contribution is -0.121. The van der Waals surface area contributed by atoms with Crippen molar-refractivity contribution in [2.24, 2.45) is 0 Å². The number of carbonyl (C=O) groups is 2. The zero-order valence-corrected chi connectivity index (χ0v) is 12.5. The molecule has 0 aliphatic heterocycles. The van der Waals surface area contributed by atoms with Gasteiger partial charge in [0.25, 0.3) is 0 Å². The smallest absolute Gasteiger partial charge is 0.233 e. The quantitative estimate of drug-likeness (QED) is 0.763. The molecular formula is C16H21N3O2. The number of H-pyrrole nitrogens is 1. The molecule has 1 aromatic heterocycles. The highest BCUT2D eigenvalue weighted by molar-refractivity contribution is 6.08. The molecule has 0 aliphatic carbocycles. The number of ketones is 1. The van der Waals surface area contributed by atoms with E-state index in [0.29, 0.717) is 5.56 Å². The minimum atomic E-state index is -0.0739. The summed E-state index contributed by atoms with van der Waals surface area (Å²) in [7, 11) is 1.61. The van der Waals surface area contributed by atoms with Crippen LogP contribution >= 0.6 is 0 Å².